The van der Waals surface area contributed by atoms with E-state index in [1.54, 1.807) is 6.20 Å². The highest BCUT2D eigenvalue weighted by atomic mass is 16.2. The summed E-state index contributed by atoms with van der Waals surface area (Å²) in [5.41, 5.74) is 2.54. The number of H-pyrrole nitrogens is 1. The summed E-state index contributed by atoms with van der Waals surface area (Å²) >= 11 is 0. The number of fused-ring (bicyclic) bond motifs is 4. The fourth-order valence-electron chi connectivity index (χ4n) is 4.55. The molecular formula is C18H20N6O. The van der Waals surface area contributed by atoms with Crippen LogP contribution in [0, 0.1) is 5.41 Å². The molecule has 5 rings (SSSR count). The second-order valence-electron chi connectivity index (χ2n) is 6.86. The first-order chi connectivity index (χ1) is 12.3. The largest absolute Gasteiger partial charge is 0.347 e. The van der Waals surface area contributed by atoms with E-state index in [0.29, 0.717) is 13.1 Å². The molecule has 3 N–H and O–H groups in total. The fraction of sp³-hybridized carbons (Fsp3) is 0.389. The highest BCUT2D eigenvalue weighted by Crippen LogP contribution is 2.51. The molecule has 3 aliphatic heterocycles. The average Bonchev–Trinajstić information content (AvgIpc) is 3.29. The Morgan fingerprint density at radius 3 is 3.12 bits per heavy atom. The maximum absolute atomic E-state index is 13.6. The first kappa shape index (κ1) is 14.7. The lowest BCUT2D eigenvalue weighted by molar-refractivity contribution is -0.129. The average molecular weight is 336 g/mol. The zero-order valence-electron chi connectivity index (χ0n) is 14.0. The van der Waals surface area contributed by atoms with Crippen LogP contribution in [-0.2, 0) is 4.79 Å². The molecular weight excluding hydrogens is 316 g/mol. The van der Waals surface area contributed by atoms with Gasteiger partial charge < -0.3 is 15.5 Å². The number of anilines is 2. The summed E-state index contributed by atoms with van der Waals surface area (Å²) in [4.78, 5) is 20.2. The molecule has 7 heteroatoms. The summed E-state index contributed by atoms with van der Waals surface area (Å²) in [6, 6.07) is 8.24. The van der Waals surface area contributed by atoms with Crippen LogP contribution in [0.4, 0.5) is 11.5 Å². The Balaban J connectivity index is 1.66. The number of nitrogens with zero attached hydrogens (tertiary/aromatic N) is 3. The maximum Gasteiger partial charge on any atom is 0.239 e. The molecule has 0 radical (unpaired) electrons. The van der Waals surface area contributed by atoms with Gasteiger partial charge in [0.25, 0.3) is 0 Å². The number of aromatic amines is 1. The van der Waals surface area contributed by atoms with Crippen LogP contribution in [0.3, 0.4) is 0 Å². The molecule has 0 aliphatic carbocycles. The van der Waals surface area contributed by atoms with Crippen LogP contribution in [0.25, 0.3) is 0 Å². The van der Waals surface area contributed by atoms with Crippen molar-refractivity contribution in [3.8, 4) is 0 Å². The minimum absolute atomic E-state index is 0.0955. The smallest absolute Gasteiger partial charge is 0.239 e. The van der Waals surface area contributed by atoms with Gasteiger partial charge in [-0.05, 0) is 18.6 Å². The number of aromatic nitrogens is 2. The normalized spacial score (nSPS) is 29.8. The number of carbonyl (C=O) groups excluding carboxylic acids is 1. The Kier molecular flexibility index (Phi) is 3.03. The summed E-state index contributed by atoms with van der Waals surface area (Å²) in [5, 5.41) is 13.9. The van der Waals surface area contributed by atoms with Crippen LogP contribution in [0.5, 0.6) is 0 Å². The number of nitrogens with one attached hydrogen (secondary N) is 3. The number of para-hydroxylation sites is 1. The van der Waals surface area contributed by atoms with Crippen LogP contribution in [0.2, 0.25) is 0 Å². The van der Waals surface area contributed by atoms with Crippen molar-refractivity contribution in [3.63, 3.8) is 0 Å². The molecule has 0 bridgehead atoms. The van der Waals surface area contributed by atoms with E-state index < -0.39 is 5.41 Å². The van der Waals surface area contributed by atoms with Crippen molar-refractivity contribution < 1.29 is 4.79 Å². The number of aliphatic imine (C=N–C) groups is 1. The molecule has 2 aromatic rings. The number of amides is 1. The minimum atomic E-state index is -0.635. The Hall–Kier alpha value is -2.67. The zero-order valence-corrected chi connectivity index (χ0v) is 14.0. The van der Waals surface area contributed by atoms with E-state index in [1.165, 1.54) is 5.56 Å². The Morgan fingerprint density at radius 2 is 2.24 bits per heavy atom. The predicted molar refractivity (Wildman–Crippen MR) is 96.1 cm³/mol. The summed E-state index contributed by atoms with van der Waals surface area (Å²) in [7, 11) is 0. The van der Waals surface area contributed by atoms with Gasteiger partial charge in [-0.25, -0.2) is 0 Å². The van der Waals surface area contributed by atoms with Gasteiger partial charge in [-0.2, -0.15) is 5.10 Å². The minimum Gasteiger partial charge on any atom is -0.347 e. The number of hydrogen-bond donors (Lipinski definition) is 3. The van der Waals surface area contributed by atoms with Gasteiger partial charge in [-0.15, -0.1) is 0 Å². The molecule has 3 unspecified atom stereocenters. The molecule has 1 saturated heterocycles. The molecule has 7 nitrogen and oxygen atoms in total. The van der Waals surface area contributed by atoms with Crippen molar-refractivity contribution in [1.82, 2.24) is 15.5 Å². The van der Waals surface area contributed by atoms with Crippen LogP contribution in [0.1, 0.15) is 24.0 Å². The van der Waals surface area contributed by atoms with Crippen molar-refractivity contribution in [2.24, 2.45) is 10.4 Å². The summed E-state index contributed by atoms with van der Waals surface area (Å²) in [6.45, 7) is 4.06. The van der Waals surface area contributed by atoms with Gasteiger partial charge in [0.05, 0.1) is 11.8 Å². The fourth-order valence-corrected chi connectivity index (χ4v) is 4.55. The predicted octanol–water partition coefficient (Wildman–Crippen LogP) is 1.32. The van der Waals surface area contributed by atoms with Crippen molar-refractivity contribution in [1.29, 1.82) is 0 Å². The molecule has 128 valence electrons. The lowest BCUT2D eigenvalue weighted by Gasteiger charge is -2.47. The topological polar surface area (TPSA) is 85.4 Å². The third-order valence-electron chi connectivity index (χ3n) is 5.75. The monoisotopic (exact) mass is 336 g/mol. The number of benzene rings is 1. The van der Waals surface area contributed by atoms with Gasteiger partial charge in [0, 0.05) is 37.5 Å². The van der Waals surface area contributed by atoms with Crippen LogP contribution in [0.15, 0.2) is 35.5 Å². The molecule has 3 aliphatic rings. The number of hydrogen-bond acceptors (Lipinski definition) is 5. The molecule has 0 spiro atoms. The van der Waals surface area contributed by atoms with Gasteiger partial charge in [0.2, 0.25) is 5.91 Å². The quantitative estimate of drug-likeness (QED) is 0.772. The summed E-state index contributed by atoms with van der Waals surface area (Å²) in [6.07, 6.45) is 3.23. The molecule has 1 fully saturated rings. The first-order valence-corrected chi connectivity index (χ1v) is 8.70. The van der Waals surface area contributed by atoms with E-state index in [2.05, 4.69) is 33.0 Å². The van der Waals surface area contributed by atoms with Crippen LogP contribution in [-0.4, -0.2) is 48.1 Å². The van der Waals surface area contributed by atoms with E-state index in [1.807, 2.05) is 30.2 Å². The van der Waals surface area contributed by atoms with E-state index >= 15 is 0 Å². The van der Waals surface area contributed by atoms with Crippen molar-refractivity contribution >= 4 is 23.6 Å². The molecule has 1 amide bonds. The maximum atomic E-state index is 13.6. The summed E-state index contributed by atoms with van der Waals surface area (Å²) < 4.78 is 0. The second kappa shape index (κ2) is 5.16. The van der Waals surface area contributed by atoms with Crippen molar-refractivity contribution in [2.75, 3.05) is 29.9 Å². The highest BCUT2D eigenvalue weighted by molar-refractivity contribution is 6.03. The SMILES string of the molecule is CCN1C(=O)C2(C3N=Cc4cn[nH]c4N3)CNCC2c2ccccc21. The zero-order chi connectivity index (χ0) is 17.0. The Morgan fingerprint density at radius 1 is 1.36 bits per heavy atom. The van der Waals surface area contributed by atoms with Crippen LogP contribution >= 0.6 is 0 Å². The van der Waals surface area contributed by atoms with E-state index in [4.69, 9.17) is 4.99 Å². The van der Waals surface area contributed by atoms with Gasteiger partial charge in [-0.1, -0.05) is 18.2 Å². The van der Waals surface area contributed by atoms with Crippen molar-refractivity contribution in [2.45, 2.75) is 19.0 Å². The van der Waals surface area contributed by atoms with E-state index in [0.717, 1.165) is 23.6 Å². The molecule has 3 atom stereocenters. The summed E-state index contributed by atoms with van der Waals surface area (Å²) in [5.74, 6) is 1.06. The molecule has 25 heavy (non-hydrogen) atoms. The first-order valence-electron chi connectivity index (χ1n) is 8.70. The van der Waals surface area contributed by atoms with Crippen molar-refractivity contribution in [3.05, 3.63) is 41.6 Å². The number of rotatable bonds is 2. The third-order valence-corrected chi connectivity index (χ3v) is 5.75. The number of carbonyl (C=O) groups is 1. The molecule has 1 aromatic heterocycles. The van der Waals surface area contributed by atoms with E-state index in [-0.39, 0.29) is 18.0 Å². The molecule has 4 heterocycles. The Bertz CT molecular complexity index is 874. The highest BCUT2D eigenvalue weighted by Gasteiger charge is 2.60. The third kappa shape index (κ3) is 1.81. The van der Waals surface area contributed by atoms with Gasteiger partial charge in [0.15, 0.2) is 0 Å². The Labute approximate surface area is 145 Å². The van der Waals surface area contributed by atoms with Gasteiger partial charge in [0.1, 0.15) is 17.4 Å². The van der Waals surface area contributed by atoms with Crippen LogP contribution < -0.4 is 15.5 Å². The molecule has 0 saturated carbocycles. The van der Waals surface area contributed by atoms with E-state index in [9.17, 15) is 4.79 Å². The standard InChI is InChI=1S/C18H20N6O/c1-2-24-14-6-4-3-5-12(14)13-9-19-10-18(13,17(24)25)16-20-7-11-8-21-23-15(11)22-16/h3-8,13,16,19H,2,9-10H2,1H3,(H2,21,22,23). The lowest BCUT2D eigenvalue weighted by Crippen LogP contribution is -2.59. The second-order valence-corrected chi connectivity index (χ2v) is 6.86. The molecule has 1 aromatic carbocycles. The van der Waals surface area contributed by atoms with Gasteiger partial charge >= 0.3 is 0 Å². The lowest BCUT2D eigenvalue weighted by atomic mass is 9.67. The van der Waals surface area contributed by atoms with Gasteiger partial charge in [-0.3, -0.25) is 14.9 Å².